The summed E-state index contributed by atoms with van der Waals surface area (Å²) in [6.45, 7) is 16.2. The molecule has 11 heteroatoms. The van der Waals surface area contributed by atoms with E-state index in [9.17, 15) is 14.0 Å². The number of aromatic nitrogens is 1. The fourth-order valence-corrected chi connectivity index (χ4v) is 6.13. The zero-order chi connectivity index (χ0) is 31.6. The Balaban J connectivity index is 1.36. The van der Waals surface area contributed by atoms with Gasteiger partial charge in [0.2, 0.25) is 11.8 Å². The van der Waals surface area contributed by atoms with E-state index in [2.05, 4.69) is 21.7 Å². The van der Waals surface area contributed by atoms with E-state index in [1.807, 2.05) is 40.7 Å². The lowest BCUT2D eigenvalue weighted by molar-refractivity contribution is -0.122. The van der Waals surface area contributed by atoms with E-state index in [0.29, 0.717) is 57.4 Å². The molecule has 1 aromatic heterocycles. The monoisotopic (exact) mass is 611 g/mol. The molecule has 0 spiro atoms. The van der Waals surface area contributed by atoms with Gasteiger partial charge in [0, 0.05) is 50.5 Å². The molecule has 240 valence electrons. The van der Waals surface area contributed by atoms with Crippen LogP contribution in [0, 0.1) is 5.82 Å². The van der Waals surface area contributed by atoms with Crippen molar-refractivity contribution >= 4 is 17.7 Å². The van der Waals surface area contributed by atoms with E-state index in [1.165, 1.54) is 12.1 Å². The number of fused-ring (bicyclic) bond motifs is 1. The van der Waals surface area contributed by atoms with Crippen LogP contribution in [0.2, 0.25) is 0 Å². The number of ether oxygens (including phenoxy) is 3. The molecule has 2 amide bonds. The number of pyridine rings is 1. The van der Waals surface area contributed by atoms with E-state index >= 15 is 0 Å². The Labute approximate surface area is 260 Å². The average molecular weight is 612 g/mol. The Bertz CT molecular complexity index is 1320. The lowest BCUT2D eigenvalue weighted by Gasteiger charge is -2.48. The average Bonchev–Trinajstić information content (AvgIpc) is 2.95. The molecule has 3 aliphatic rings. The van der Waals surface area contributed by atoms with Gasteiger partial charge < -0.3 is 24.0 Å². The second-order valence-corrected chi connectivity index (χ2v) is 13.4. The number of hydrogen-bond acceptors (Lipinski definition) is 8. The Hall–Kier alpha value is -3.28. The topological polar surface area (TPSA) is 87.7 Å². The third-order valence-electron chi connectivity index (χ3n) is 8.43. The molecule has 10 nitrogen and oxygen atoms in total. The van der Waals surface area contributed by atoms with Crippen molar-refractivity contribution in [2.24, 2.45) is 0 Å². The van der Waals surface area contributed by atoms with Crippen molar-refractivity contribution < 1.29 is 28.2 Å². The largest absolute Gasteiger partial charge is 0.471 e. The third kappa shape index (κ3) is 7.86. The van der Waals surface area contributed by atoms with Crippen LogP contribution in [0.1, 0.15) is 52.7 Å². The maximum atomic E-state index is 14.1. The molecule has 0 saturated carbocycles. The van der Waals surface area contributed by atoms with Crippen LogP contribution in [0.15, 0.2) is 36.5 Å². The molecule has 3 aliphatic heterocycles. The SMILES string of the molecule is CC1CN(C(=O)CN2C[C@@H](C)N(C(=O)OC(C)(C)C)C[C@@H]2CN2CCOC[C@H]2C)c2cc(Cc3ccc(F)cc3)cnc2O1. The predicted molar refractivity (Wildman–Crippen MR) is 166 cm³/mol. The summed E-state index contributed by atoms with van der Waals surface area (Å²) in [4.78, 5) is 40.0. The zero-order valence-electron chi connectivity index (χ0n) is 26.8. The molecular formula is C33H46FN5O5. The number of amides is 2. The highest BCUT2D eigenvalue weighted by Gasteiger charge is 2.40. The van der Waals surface area contributed by atoms with Crippen LogP contribution >= 0.6 is 0 Å². The molecule has 2 aromatic rings. The first kappa shape index (κ1) is 32.1. The minimum atomic E-state index is -0.595. The maximum Gasteiger partial charge on any atom is 0.410 e. The number of anilines is 1. The molecule has 2 fully saturated rings. The van der Waals surface area contributed by atoms with E-state index < -0.39 is 5.60 Å². The summed E-state index contributed by atoms with van der Waals surface area (Å²) >= 11 is 0. The molecule has 0 radical (unpaired) electrons. The molecule has 1 aromatic carbocycles. The zero-order valence-corrected chi connectivity index (χ0v) is 26.8. The predicted octanol–water partition coefficient (Wildman–Crippen LogP) is 3.96. The molecule has 0 aliphatic carbocycles. The fourth-order valence-electron chi connectivity index (χ4n) is 6.13. The van der Waals surface area contributed by atoms with Crippen LogP contribution in [0.3, 0.4) is 0 Å². The van der Waals surface area contributed by atoms with Crippen LogP contribution in [0.5, 0.6) is 5.88 Å². The molecule has 2 saturated heterocycles. The Morgan fingerprint density at radius 3 is 2.48 bits per heavy atom. The summed E-state index contributed by atoms with van der Waals surface area (Å²) in [6.07, 6.45) is 1.77. The number of morpholine rings is 1. The molecule has 0 bridgehead atoms. The smallest absolute Gasteiger partial charge is 0.410 e. The van der Waals surface area contributed by atoms with E-state index in [4.69, 9.17) is 14.2 Å². The first-order chi connectivity index (χ1) is 20.9. The van der Waals surface area contributed by atoms with Crippen molar-refractivity contribution in [3.05, 3.63) is 53.5 Å². The summed E-state index contributed by atoms with van der Waals surface area (Å²) < 4.78 is 30.9. The van der Waals surface area contributed by atoms with Crippen molar-refractivity contribution in [2.75, 3.05) is 57.4 Å². The van der Waals surface area contributed by atoms with Crippen LogP contribution in [0.25, 0.3) is 0 Å². The van der Waals surface area contributed by atoms with E-state index in [1.54, 1.807) is 28.1 Å². The first-order valence-electron chi connectivity index (χ1n) is 15.6. The Morgan fingerprint density at radius 1 is 1.02 bits per heavy atom. The van der Waals surface area contributed by atoms with E-state index in [0.717, 1.165) is 17.7 Å². The van der Waals surface area contributed by atoms with Crippen molar-refractivity contribution in [2.45, 2.75) is 77.8 Å². The standard InChI is InChI=1S/C33H46FN5O5/c1-22-16-37(28(18-36-11-12-42-21-23(36)2)19-38(22)32(41)44-33(4,5)6)20-30(40)39-17-24(3)43-31-29(39)14-26(15-35-31)13-25-7-9-27(34)10-8-25/h7-10,14-15,22-24,28H,11-13,16-21H2,1-6H3/t22-,23-,24?,28+/m1/s1. The third-order valence-corrected chi connectivity index (χ3v) is 8.43. The van der Waals surface area contributed by atoms with Gasteiger partial charge in [0.15, 0.2) is 0 Å². The molecule has 4 heterocycles. The molecule has 44 heavy (non-hydrogen) atoms. The molecule has 0 N–H and O–H groups in total. The van der Waals surface area contributed by atoms with Crippen LogP contribution in [-0.4, -0.2) is 114 Å². The van der Waals surface area contributed by atoms with Gasteiger partial charge in [-0.25, -0.2) is 14.2 Å². The number of benzene rings is 1. The van der Waals surface area contributed by atoms with Crippen molar-refractivity contribution in [1.82, 2.24) is 19.7 Å². The Kier molecular flexibility index (Phi) is 9.77. The van der Waals surface area contributed by atoms with Gasteiger partial charge in [-0.05, 0) is 77.3 Å². The van der Waals surface area contributed by atoms with Gasteiger partial charge in [-0.1, -0.05) is 12.1 Å². The molecule has 4 atom stereocenters. The molecule has 1 unspecified atom stereocenters. The number of nitrogens with zero attached hydrogens (tertiary/aromatic N) is 5. The number of halogens is 1. The summed E-state index contributed by atoms with van der Waals surface area (Å²) in [5, 5.41) is 0. The number of carbonyl (C=O) groups excluding carboxylic acids is 2. The number of carbonyl (C=O) groups is 2. The maximum absolute atomic E-state index is 14.1. The van der Waals surface area contributed by atoms with Crippen molar-refractivity contribution in [1.29, 1.82) is 0 Å². The first-order valence-corrected chi connectivity index (χ1v) is 15.6. The fraction of sp³-hybridized carbons (Fsp3) is 0.606. The van der Waals surface area contributed by atoms with Crippen LogP contribution in [0.4, 0.5) is 14.9 Å². The molecule has 5 rings (SSSR count). The quantitative estimate of drug-likeness (QED) is 0.486. The van der Waals surface area contributed by atoms with Gasteiger partial charge in [0.05, 0.1) is 26.3 Å². The summed E-state index contributed by atoms with van der Waals surface area (Å²) in [7, 11) is 0. The van der Waals surface area contributed by atoms with Gasteiger partial charge in [-0.3, -0.25) is 14.6 Å². The highest BCUT2D eigenvalue weighted by atomic mass is 19.1. The minimum Gasteiger partial charge on any atom is -0.471 e. The number of piperazine rings is 1. The Morgan fingerprint density at radius 2 is 1.77 bits per heavy atom. The lowest BCUT2D eigenvalue weighted by Crippen LogP contribution is -2.64. The lowest BCUT2D eigenvalue weighted by atomic mass is 10.0. The van der Waals surface area contributed by atoms with Gasteiger partial charge in [-0.15, -0.1) is 0 Å². The highest BCUT2D eigenvalue weighted by molar-refractivity contribution is 5.96. The van der Waals surface area contributed by atoms with Crippen molar-refractivity contribution in [3.63, 3.8) is 0 Å². The molecular weight excluding hydrogens is 565 g/mol. The summed E-state index contributed by atoms with van der Waals surface area (Å²) in [6, 6.07) is 8.39. The van der Waals surface area contributed by atoms with Gasteiger partial charge >= 0.3 is 6.09 Å². The number of hydrogen-bond donors (Lipinski definition) is 0. The number of rotatable bonds is 6. The summed E-state index contributed by atoms with van der Waals surface area (Å²) in [5.41, 5.74) is 1.91. The second-order valence-electron chi connectivity index (χ2n) is 13.4. The van der Waals surface area contributed by atoms with Gasteiger partial charge in [-0.2, -0.15) is 0 Å². The van der Waals surface area contributed by atoms with Crippen LogP contribution in [-0.2, 0) is 20.7 Å². The van der Waals surface area contributed by atoms with E-state index in [-0.39, 0.29) is 48.6 Å². The van der Waals surface area contributed by atoms with Gasteiger partial charge in [0.25, 0.3) is 0 Å². The normalized spacial score (nSPS) is 24.9. The second kappa shape index (κ2) is 13.4. The summed E-state index contributed by atoms with van der Waals surface area (Å²) in [5.74, 6) is 0.112. The van der Waals surface area contributed by atoms with Gasteiger partial charge in [0.1, 0.15) is 23.2 Å². The highest BCUT2D eigenvalue weighted by Crippen LogP contribution is 2.33. The van der Waals surface area contributed by atoms with Crippen molar-refractivity contribution in [3.8, 4) is 5.88 Å². The minimum absolute atomic E-state index is 0.0416. The van der Waals surface area contributed by atoms with Crippen LogP contribution < -0.4 is 9.64 Å².